The number of nitrogens with two attached hydrogens (primary N) is 1. The van der Waals surface area contributed by atoms with Crippen molar-refractivity contribution < 1.29 is 9.53 Å². The van der Waals surface area contributed by atoms with Crippen molar-refractivity contribution in [3.8, 4) is 0 Å². The largest absolute Gasteiger partial charge is 0.364 e. The standard InChI is InChI=1S/C13H25N3O2/c1-10-9-15(2)6-3-7-16(10)13(17)12-5-4-11(8-14)18-12/h10-12H,3-9,14H2,1-2H3. The van der Waals surface area contributed by atoms with E-state index in [4.69, 9.17) is 10.5 Å². The summed E-state index contributed by atoms with van der Waals surface area (Å²) in [6.07, 6.45) is 2.59. The Bertz CT molecular complexity index is 298. The van der Waals surface area contributed by atoms with Crippen LogP contribution >= 0.6 is 0 Å². The van der Waals surface area contributed by atoms with Gasteiger partial charge in [-0.25, -0.2) is 0 Å². The molecule has 2 N–H and O–H groups in total. The van der Waals surface area contributed by atoms with Gasteiger partial charge in [-0.05, 0) is 39.8 Å². The second kappa shape index (κ2) is 5.99. The van der Waals surface area contributed by atoms with Gasteiger partial charge in [0, 0.05) is 25.7 Å². The van der Waals surface area contributed by atoms with Crippen LogP contribution in [0.4, 0.5) is 0 Å². The number of likely N-dealkylation sites (N-methyl/N-ethyl adjacent to an activating group) is 1. The van der Waals surface area contributed by atoms with E-state index in [0.29, 0.717) is 6.54 Å². The third-order valence-electron chi connectivity index (χ3n) is 3.98. The highest BCUT2D eigenvalue weighted by Crippen LogP contribution is 2.22. The number of carbonyl (C=O) groups excluding carboxylic acids is 1. The molecule has 2 aliphatic rings. The first kappa shape index (κ1) is 13.8. The van der Waals surface area contributed by atoms with Crippen LogP contribution in [0.3, 0.4) is 0 Å². The molecule has 0 radical (unpaired) electrons. The van der Waals surface area contributed by atoms with Crippen LogP contribution in [0.25, 0.3) is 0 Å². The van der Waals surface area contributed by atoms with Gasteiger partial charge in [0.1, 0.15) is 6.10 Å². The van der Waals surface area contributed by atoms with E-state index in [-0.39, 0.29) is 24.2 Å². The van der Waals surface area contributed by atoms with Crippen LogP contribution in [-0.4, -0.2) is 67.2 Å². The third-order valence-corrected chi connectivity index (χ3v) is 3.98. The van der Waals surface area contributed by atoms with Crippen molar-refractivity contribution in [3.05, 3.63) is 0 Å². The second-order valence-corrected chi connectivity index (χ2v) is 5.56. The van der Waals surface area contributed by atoms with Gasteiger partial charge in [-0.1, -0.05) is 0 Å². The van der Waals surface area contributed by atoms with E-state index < -0.39 is 0 Å². The fraction of sp³-hybridized carbons (Fsp3) is 0.923. The van der Waals surface area contributed by atoms with Crippen LogP contribution in [0.15, 0.2) is 0 Å². The summed E-state index contributed by atoms with van der Waals surface area (Å²) in [4.78, 5) is 16.8. The van der Waals surface area contributed by atoms with Crippen LogP contribution in [0.2, 0.25) is 0 Å². The summed E-state index contributed by atoms with van der Waals surface area (Å²) >= 11 is 0. The quantitative estimate of drug-likeness (QED) is 0.757. The summed E-state index contributed by atoms with van der Waals surface area (Å²) in [7, 11) is 2.11. The zero-order chi connectivity index (χ0) is 13.1. The molecule has 3 unspecified atom stereocenters. The predicted molar refractivity (Wildman–Crippen MR) is 70.2 cm³/mol. The minimum Gasteiger partial charge on any atom is -0.364 e. The fourth-order valence-electron chi connectivity index (χ4n) is 2.95. The molecule has 3 atom stereocenters. The molecule has 0 aliphatic carbocycles. The Kier molecular flexibility index (Phi) is 4.59. The van der Waals surface area contributed by atoms with Crippen LogP contribution in [0.5, 0.6) is 0 Å². The summed E-state index contributed by atoms with van der Waals surface area (Å²) in [5.74, 6) is 0.161. The van der Waals surface area contributed by atoms with Gasteiger partial charge in [0.05, 0.1) is 6.10 Å². The fourth-order valence-corrected chi connectivity index (χ4v) is 2.95. The Morgan fingerprint density at radius 1 is 1.39 bits per heavy atom. The van der Waals surface area contributed by atoms with Crippen LogP contribution in [-0.2, 0) is 9.53 Å². The third kappa shape index (κ3) is 3.02. The highest BCUT2D eigenvalue weighted by atomic mass is 16.5. The summed E-state index contributed by atoms with van der Waals surface area (Å²) in [6.45, 7) is 5.48. The van der Waals surface area contributed by atoms with Gasteiger partial charge in [-0.2, -0.15) is 0 Å². The number of ether oxygens (including phenoxy) is 1. The molecular weight excluding hydrogens is 230 g/mol. The van der Waals surface area contributed by atoms with E-state index in [2.05, 4.69) is 18.9 Å². The van der Waals surface area contributed by atoms with E-state index in [0.717, 1.165) is 38.9 Å². The molecule has 2 saturated heterocycles. The maximum Gasteiger partial charge on any atom is 0.252 e. The van der Waals surface area contributed by atoms with Crippen LogP contribution in [0.1, 0.15) is 26.2 Å². The van der Waals surface area contributed by atoms with E-state index >= 15 is 0 Å². The van der Waals surface area contributed by atoms with Crippen LogP contribution < -0.4 is 5.73 Å². The maximum absolute atomic E-state index is 12.5. The lowest BCUT2D eigenvalue weighted by molar-refractivity contribution is -0.144. The minimum absolute atomic E-state index is 0.0731. The highest BCUT2D eigenvalue weighted by molar-refractivity contribution is 5.81. The number of hydrogen-bond acceptors (Lipinski definition) is 4. The van der Waals surface area contributed by atoms with Crippen molar-refractivity contribution in [2.75, 3.05) is 33.2 Å². The molecule has 1 amide bonds. The Hall–Kier alpha value is -0.650. The molecule has 5 heteroatoms. The van der Waals surface area contributed by atoms with Crippen molar-refractivity contribution in [2.45, 2.75) is 44.4 Å². The Balaban J connectivity index is 1.95. The van der Waals surface area contributed by atoms with Crippen molar-refractivity contribution in [2.24, 2.45) is 5.73 Å². The molecule has 18 heavy (non-hydrogen) atoms. The maximum atomic E-state index is 12.5. The highest BCUT2D eigenvalue weighted by Gasteiger charge is 2.35. The first-order valence-corrected chi connectivity index (χ1v) is 6.96. The second-order valence-electron chi connectivity index (χ2n) is 5.56. The predicted octanol–water partition coefficient (Wildman–Crippen LogP) is 0.0453. The topological polar surface area (TPSA) is 58.8 Å². The average Bonchev–Trinajstić information content (AvgIpc) is 2.75. The van der Waals surface area contributed by atoms with Gasteiger partial charge in [-0.15, -0.1) is 0 Å². The minimum atomic E-state index is -0.260. The van der Waals surface area contributed by atoms with Crippen molar-refractivity contribution in [3.63, 3.8) is 0 Å². The van der Waals surface area contributed by atoms with Crippen molar-refractivity contribution in [1.29, 1.82) is 0 Å². The number of rotatable bonds is 2. The smallest absolute Gasteiger partial charge is 0.252 e. The van der Waals surface area contributed by atoms with Gasteiger partial charge < -0.3 is 20.3 Å². The van der Waals surface area contributed by atoms with Gasteiger partial charge in [0.25, 0.3) is 5.91 Å². The van der Waals surface area contributed by atoms with Crippen molar-refractivity contribution in [1.82, 2.24) is 9.80 Å². The molecule has 5 nitrogen and oxygen atoms in total. The summed E-state index contributed by atoms with van der Waals surface area (Å²) < 4.78 is 5.71. The Morgan fingerprint density at radius 3 is 2.83 bits per heavy atom. The molecule has 2 heterocycles. The SMILES string of the molecule is CC1CN(C)CCCN1C(=O)C1CCC(CN)O1. The molecule has 0 aromatic rings. The lowest BCUT2D eigenvalue weighted by atomic mass is 10.1. The average molecular weight is 255 g/mol. The van der Waals surface area contributed by atoms with Gasteiger partial charge in [0.2, 0.25) is 0 Å². The molecule has 0 spiro atoms. The summed E-state index contributed by atoms with van der Waals surface area (Å²) in [6, 6.07) is 0.269. The zero-order valence-corrected chi connectivity index (χ0v) is 11.5. The van der Waals surface area contributed by atoms with Gasteiger partial charge >= 0.3 is 0 Å². The molecule has 2 rings (SSSR count). The molecule has 104 valence electrons. The van der Waals surface area contributed by atoms with Gasteiger partial charge in [-0.3, -0.25) is 4.79 Å². The molecular formula is C13H25N3O2. The van der Waals surface area contributed by atoms with Crippen LogP contribution in [0, 0.1) is 0 Å². The summed E-state index contributed by atoms with van der Waals surface area (Å²) in [5, 5.41) is 0. The summed E-state index contributed by atoms with van der Waals surface area (Å²) in [5.41, 5.74) is 5.59. The van der Waals surface area contributed by atoms with Crippen molar-refractivity contribution >= 4 is 5.91 Å². The van der Waals surface area contributed by atoms with E-state index in [1.54, 1.807) is 0 Å². The van der Waals surface area contributed by atoms with E-state index in [1.807, 2.05) is 4.90 Å². The monoisotopic (exact) mass is 255 g/mol. The lowest BCUT2D eigenvalue weighted by Crippen LogP contribution is -2.46. The zero-order valence-electron chi connectivity index (χ0n) is 11.5. The molecule has 0 aromatic heterocycles. The van der Waals surface area contributed by atoms with E-state index in [1.165, 1.54) is 0 Å². The normalized spacial score (nSPS) is 34.6. The molecule has 0 saturated carbocycles. The molecule has 0 bridgehead atoms. The number of amides is 1. The number of carbonyl (C=O) groups is 1. The molecule has 2 fully saturated rings. The Labute approximate surface area is 109 Å². The molecule has 0 aromatic carbocycles. The van der Waals surface area contributed by atoms with Gasteiger partial charge in [0.15, 0.2) is 0 Å². The first-order valence-electron chi connectivity index (χ1n) is 6.96. The lowest BCUT2D eigenvalue weighted by Gasteiger charge is -2.30. The first-order chi connectivity index (χ1) is 8.61. The molecule has 2 aliphatic heterocycles. The Morgan fingerprint density at radius 2 is 2.17 bits per heavy atom. The number of nitrogens with zero attached hydrogens (tertiary/aromatic N) is 2. The number of hydrogen-bond donors (Lipinski definition) is 1. The van der Waals surface area contributed by atoms with E-state index in [9.17, 15) is 4.79 Å².